The van der Waals surface area contributed by atoms with Gasteiger partial charge in [-0.15, -0.1) is 11.3 Å². The smallest absolute Gasteiger partial charge is 0.341 e. The zero-order valence-electron chi connectivity index (χ0n) is 17.8. The van der Waals surface area contributed by atoms with Crippen molar-refractivity contribution in [3.05, 3.63) is 33.8 Å². The average molecular weight is 469 g/mol. The largest absolute Gasteiger partial charge is 0.351 e. The highest BCUT2D eigenvalue weighted by Gasteiger charge is 2.33. The maximum absolute atomic E-state index is 13.2. The molecule has 31 heavy (non-hydrogen) atoms. The SMILES string of the molecule is CN(C)S(=O)(=O)N1CCC(c2nn(CC(=O)N3CCCC3)c(=O)n2-c2cccs2)CC1. The second-order valence-corrected chi connectivity index (χ2v) is 11.2. The van der Waals surface area contributed by atoms with Gasteiger partial charge >= 0.3 is 5.69 Å². The Morgan fingerprint density at radius 2 is 1.87 bits per heavy atom. The van der Waals surface area contributed by atoms with Gasteiger partial charge in [-0.3, -0.25) is 4.79 Å². The molecule has 2 aliphatic rings. The quantitative estimate of drug-likeness (QED) is 0.621. The van der Waals surface area contributed by atoms with Crippen molar-refractivity contribution in [3.8, 4) is 5.00 Å². The van der Waals surface area contributed by atoms with Crippen LogP contribution in [0.25, 0.3) is 5.00 Å². The molecule has 2 saturated heterocycles. The highest BCUT2D eigenvalue weighted by Crippen LogP contribution is 2.30. The molecule has 4 rings (SSSR count). The first-order valence-electron chi connectivity index (χ1n) is 10.5. The fourth-order valence-corrected chi connectivity index (χ4v) is 6.03. The third-order valence-electron chi connectivity index (χ3n) is 5.94. The molecule has 0 spiro atoms. The minimum Gasteiger partial charge on any atom is -0.341 e. The van der Waals surface area contributed by atoms with E-state index in [-0.39, 0.29) is 24.1 Å². The van der Waals surface area contributed by atoms with Gasteiger partial charge in [0.15, 0.2) is 0 Å². The number of hydrogen-bond acceptors (Lipinski definition) is 6. The number of carbonyl (C=O) groups is 1. The van der Waals surface area contributed by atoms with Gasteiger partial charge in [0.25, 0.3) is 10.2 Å². The Kier molecular flexibility index (Phi) is 6.33. The van der Waals surface area contributed by atoms with E-state index in [1.54, 1.807) is 9.47 Å². The number of carbonyl (C=O) groups excluding carboxylic acids is 1. The van der Waals surface area contributed by atoms with Crippen molar-refractivity contribution in [2.24, 2.45) is 0 Å². The number of amides is 1. The van der Waals surface area contributed by atoms with Crippen LogP contribution in [0.5, 0.6) is 0 Å². The summed E-state index contributed by atoms with van der Waals surface area (Å²) in [6.07, 6.45) is 3.11. The van der Waals surface area contributed by atoms with Crippen molar-refractivity contribution in [1.29, 1.82) is 0 Å². The van der Waals surface area contributed by atoms with E-state index in [0.29, 0.717) is 31.8 Å². The lowest BCUT2D eigenvalue weighted by Gasteiger charge is -2.32. The Hall–Kier alpha value is -2.02. The molecule has 0 atom stereocenters. The summed E-state index contributed by atoms with van der Waals surface area (Å²) < 4.78 is 30.4. The average Bonchev–Trinajstić information content (AvgIpc) is 3.50. The number of aromatic nitrogens is 3. The number of likely N-dealkylation sites (tertiary alicyclic amines) is 1. The van der Waals surface area contributed by atoms with E-state index < -0.39 is 10.2 Å². The third kappa shape index (κ3) is 4.34. The molecule has 170 valence electrons. The highest BCUT2D eigenvalue weighted by atomic mass is 32.2. The second kappa shape index (κ2) is 8.85. The predicted molar refractivity (Wildman–Crippen MR) is 118 cm³/mol. The lowest BCUT2D eigenvalue weighted by atomic mass is 9.97. The second-order valence-electron chi connectivity index (χ2n) is 8.14. The van der Waals surface area contributed by atoms with Crippen molar-refractivity contribution < 1.29 is 13.2 Å². The molecular weight excluding hydrogens is 440 g/mol. The molecular formula is C19H28N6O4S2. The molecule has 0 aromatic carbocycles. The van der Waals surface area contributed by atoms with Gasteiger partial charge in [-0.25, -0.2) is 14.0 Å². The highest BCUT2D eigenvalue weighted by molar-refractivity contribution is 7.86. The number of piperidine rings is 1. The minimum absolute atomic E-state index is 0.0634. The van der Waals surface area contributed by atoms with Crippen LogP contribution in [0.1, 0.15) is 37.4 Å². The van der Waals surface area contributed by atoms with E-state index in [1.165, 1.54) is 38.7 Å². The van der Waals surface area contributed by atoms with Crippen molar-refractivity contribution in [2.75, 3.05) is 40.3 Å². The Morgan fingerprint density at radius 3 is 2.45 bits per heavy atom. The van der Waals surface area contributed by atoms with Crippen LogP contribution < -0.4 is 5.69 Å². The summed E-state index contributed by atoms with van der Waals surface area (Å²) in [6, 6.07) is 3.73. The zero-order chi connectivity index (χ0) is 22.2. The van der Waals surface area contributed by atoms with Crippen LogP contribution in [0, 0.1) is 0 Å². The Morgan fingerprint density at radius 1 is 1.19 bits per heavy atom. The summed E-state index contributed by atoms with van der Waals surface area (Å²) in [5.74, 6) is 0.448. The van der Waals surface area contributed by atoms with Gasteiger partial charge in [0.2, 0.25) is 5.91 Å². The van der Waals surface area contributed by atoms with E-state index in [2.05, 4.69) is 5.10 Å². The maximum atomic E-state index is 13.2. The van der Waals surface area contributed by atoms with Gasteiger partial charge in [-0.1, -0.05) is 0 Å². The van der Waals surface area contributed by atoms with Crippen molar-refractivity contribution in [2.45, 2.75) is 38.1 Å². The standard InChI is InChI=1S/C19H28N6O4S2/c1-21(2)31(28,29)23-11-7-15(8-12-23)18-20-24(14-16(26)22-9-3-4-10-22)19(27)25(18)17-6-5-13-30-17/h5-6,13,15H,3-4,7-12,14H2,1-2H3. The van der Waals surface area contributed by atoms with Gasteiger partial charge < -0.3 is 4.90 Å². The topological polar surface area (TPSA) is 101 Å². The molecule has 0 radical (unpaired) electrons. The monoisotopic (exact) mass is 468 g/mol. The van der Waals surface area contributed by atoms with E-state index in [4.69, 9.17) is 0 Å². The summed E-state index contributed by atoms with van der Waals surface area (Å²) in [5, 5.41) is 7.22. The molecule has 12 heteroatoms. The normalized spacial score (nSPS) is 18.9. The molecule has 1 amide bonds. The molecule has 4 heterocycles. The van der Waals surface area contributed by atoms with Crippen LogP contribution >= 0.6 is 11.3 Å². The molecule has 2 aliphatic heterocycles. The molecule has 2 aromatic heterocycles. The minimum atomic E-state index is -3.46. The first kappa shape index (κ1) is 22.2. The first-order valence-corrected chi connectivity index (χ1v) is 12.8. The zero-order valence-corrected chi connectivity index (χ0v) is 19.4. The van der Waals surface area contributed by atoms with Crippen molar-refractivity contribution >= 4 is 27.5 Å². The third-order valence-corrected chi connectivity index (χ3v) is 8.74. The molecule has 0 N–H and O–H groups in total. The van der Waals surface area contributed by atoms with Gasteiger partial charge in [-0.2, -0.15) is 22.1 Å². The van der Waals surface area contributed by atoms with Gasteiger partial charge in [0.1, 0.15) is 17.4 Å². The molecule has 2 aromatic rings. The summed E-state index contributed by atoms with van der Waals surface area (Å²) >= 11 is 1.44. The van der Waals surface area contributed by atoms with Crippen LogP contribution in [0.3, 0.4) is 0 Å². The summed E-state index contributed by atoms with van der Waals surface area (Å²) in [7, 11) is -0.417. The Balaban J connectivity index is 1.60. The van der Waals surface area contributed by atoms with Crippen LogP contribution in [0.2, 0.25) is 0 Å². The lowest BCUT2D eigenvalue weighted by molar-refractivity contribution is -0.131. The maximum Gasteiger partial charge on any atom is 0.351 e. The van der Waals surface area contributed by atoms with Gasteiger partial charge in [0.05, 0.1) is 0 Å². The number of hydrogen-bond donors (Lipinski definition) is 0. The first-order chi connectivity index (χ1) is 14.8. The molecule has 10 nitrogen and oxygen atoms in total. The summed E-state index contributed by atoms with van der Waals surface area (Å²) in [6.45, 7) is 2.11. The Bertz CT molecular complexity index is 1080. The van der Waals surface area contributed by atoms with Crippen LogP contribution in [0.4, 0.5) is 0 Å². The van der Waals surface area contributed by atoms with Crippen molar-refractivity contribution in [1.82, 2.24) is 27.9 Å². The number of thiophene rings is 1. The molecule has 0 bridgehead atoms. The number of nitrogens with zero attached hydrogens (tertiary/aromatic N) is 6. The molecule has 0 saturated carbocycles. The summed E-state index contributed by atoms with van der Waals surface area (Å²) in [4.78, 5) is 27.6. The van der Waals surface area contributed by atoms with Gasteiger partial charge in [0, 0.05) is 46.2 Å². The molecule has 2 fully saturated rings. The van der Waals surface area contributed by atoms with Crippen LogP contribution in [-0.4, -0.2) is 82.5 Å². The van der Waals surface area contributed by atoms with Crippen LogP contribution in [0.15, 0.2) is 22.3 Å². The Labute approximate surface area is 185 Å². The van der Waals surface area contributed by atoms with E-state index in [9.17, 15) is 18.0 Å². The molecule has 0 unspecified atom stereocenters. The van der Waals surface area contributed by atoms with Gasteiger partial charge in [-0.05, 0) is 43.2 Å². The lowest BCUT2D eigenvalue weighted by Crippen LogP contribution is -2.44. The number of rotatable bonds is 6. The summed E-state index contributed by atoms with van der Waals surface area (Å²) in [5.41, 5.74) is -0.326. The van der Waals surface area contributed by atoms with E-state index >= 15 is 0 Å². The fraction of sp³-hybridized carbons (Fsp3) is 0.632. The predicted octanol–water partition coefficient (Wildman–Crippen LogP) is 0.704. The van der Waals surface area contributed by atoms with Crippen molar-refractivity contribution in [3.63, 3.8) is 0 Å². The fourth-order valence-electron chi connectivity index (χ4n) is 4.17. The van der Waals surface area contributed by atoms with E-state index in [1.807, 2.05) is 17.5 Å². The molecule has 0 aliphatic carbocycles. The van der Waals surface area contributed by atoms with Crippen LogP contribution in [-0.2, 0) is 21.5 Å². The van der Waals surface area contributed by atoms with E-state index in [0.717, 1.165) is 30.9 Å².